The van der Waals surface area contributed by atoms with Gasteiger partial charge < -0.3 is 25.6 Å². The molecule has 0 saturated carbocycles. The molecule has 2 aromatic rings. The number of hydrogen-bond acceptors (Lipinski definition) is 6. The lowest BCUT2D eigenvalue weighted by molar-refractivity contribution is -0.112. The van der Waals surface area contributed by atoms with Gasteiger partial charge in [0.2, 0.25) is 0 Å². The minimum absolute atomic E-state index is 0.193. The molecule has 1 saturated heterocycles. The van der Waals surface area contributed by atoms with E-state index in [-0.39, 0.29) is 5.91 Å². The molecule has 2 heterocycles. The van der Waals surface area contributed by atoms with E-state index in [1.54, 1.807) is 13.2 Å². The number of amides is 1. The number of nitrogens with one attached hydrogen (secondary N) is 3. The van der Waals surface area contributed by atoms with Crippen LogP contribution < -0.4 is 25.6 Å². The second-order valence-corrected chi connectivity index (χ2v) is 9.08. The highest BCUT2D eigenvalue weighted by Crippen LogP contribution is 2.24. The lowest BCUT2D eigenvalue weighted by atomic mass is 10.1. The summed E-state index contributed by atoms with van der Waals surface area (Å²) < 4.78 is 5.26. The zero-order valence-corrected chi connectivity index (χ0v) is 23.1. The third-order valence-electron chi connectivity index (χ3n) is 6.55. The van der Waals surface area contributed by atoms with E-state index in [9.17, 15) is 4.79 Å². The summed E-state index contributed by atoms with van der Waals surface area (Å²) in [7, 11) is 1.70. The van der Waals surface area contributed by atoms with Gasteiger partial charge in [0.05, 0.1) is 18.5 Å². The Morgan fingerprint density at radius 3 is 2.50 bits per heavy atom. The summed E-state index contributed by atoms with van der Waals surface area (Å²) in [6.45, 7) is 15.6. The van der Waals surface area contributed by atoms with Crippen LogP contribution in [0.25, 0.3) is 0 Å². The van der Waals surface area contributed by atoms with Crippen LogP contribution in [0.4, 0.5) is 17.1 Å². The number of benzene rings is 2. The number of hydrogen-bond donors (Lipinski definition) is 3. The first-order chi connectivity index (χ1) is 18.6. The lowest BCUT2D eigenvalue weighted by Gasteiger charge is -2.36. The molecule has 0 aromatic heterocycles. The van der Waals surface area contributed by atoms with E-state index >= 15 is 0 Å². The molecule has 2 aliphatic rings. The number of nitrogens with zero attached hydrogens (tertiary/aromatic N) is 2. The van der Waals surface area contributed by atoms with E-state index in [1.807, 2.05) is 56.3 Å². The van der Waals surface area contributed by atoms with Crippen molar-refractivity contribution in [2.75, 3.05) is 68.5 Å². The molecule has 1 amide bonds. The summed E-state index contributed by atoms with van der Waals surface area (Å²) in [6.07, 6.45) is 8.58. The molecule has 7 heteroatoms. The van der Waals surface area contributed by atoms with Crippen molar-refractivity contribution < 1.29 is 9.53 Å². The minimum atomic E-state index is -0.193. The van der Waals surface area contributed by atoms with Crippen molar-refractivity contribution in [2.45, 2.75) is 26.8 Å². The van der Waals surface area contributed by atoms with Gasteiger partial charge in [0.25, 0.3) is 5.91 Å². The molecule has 204 valence electrons. The summed E-state index contributed by atoms with van der Waals surface area (Å²) in [6, 6.07) is 14.5. The highest BCUT2D eigenvalue weighted by Gasteiger charge is 2.17. The number of rotatable bonds is 8. The SMILES string of the molecule is C=C1/C=C\C=C/CNc2ccc(CNCCCN3CCN(c4ccc(OC)cc4)CC3)cc2NC1=O.CC. The van der Waals surface area contributed by atoms with Crippen LogP contribution in [-0.4, -0.2) is 63.7 Å². The average molecular weight is 518 g/mol. The summed E-state index contributed by atoms with van der Waals surface area (Å²) in [5.74, 6) is 0.705. The number of carbonyl (C=O) groups is 1. The first kappa shape index (κ1) is 29.0. The van der Waals surface area contributed by atoms with Crippen molar-refractivity contribution in [3.05, 3.63) is 84.5 Å². The van der Waals surface area contributed by atoms with Crippen molar-refractivity contribution in [3.8, 4) is 5.75 Å². The number of ether oxygens (including phenoxy) is 1. The summed E-state index contributed by atoms with van der Waals surface area (Å²) in [5.41, 5.74) is 4.51. The number of allylic oxidation sites excluding steroid dienone is 2. The van der Waals surface area contributed by atoms with Crippen molar-refractivity contribution in [1.29, 1.82) is 0 Å². The van der Waals surface area contributed by atoms with E-state index < -0.39 is 0 Å². The monoisotopic (exact) mass is 517 g/mol. The van der Waals surface area contributed by atoms with Crippen LogP contribution in [0.1, 0.15) is 25.8 Å². The molecular weight excluding hydrogens is 474 g/mol. The topological polar surface area (TPSA) is 68.9 Å². The Labute approximate surface area is 228 Å². The Kier molecular flexibility index (Phi) is 11.9. The number of carbonyl (C=O) groups excluding carboxylic acids is 1. The van der Waals surface area contributed by atoms with Gasteiger partial charge in [0, 0.05) is 50.5 Å². The second kappa shape index (κ2) is 15.6. The molecule has 0 aliphatic carbocycles. The van der Waals surface area contributed by atoms with Crippen LogP contribution in [0.15, 0.2) is 78.9 Å². The Bertz CT molecular complexity index is 1090. The normalized spacial score (nSPS) is 17.6. The molecule has 7 nitrogen and oxygen atoms in total. The van der Waals surface area contributed by atoms with Crippen LogP contribution in [0, 0.1) is 0 Å². The fourth-order valence-electron chi connectivity index (χ4n) is 4.41. The zero-order valence-electron chi connectivity index (χ0n) is 23.1. The number of fused-ring (bicyclic) bond motifs is 1. The third-order valence-corrected chi connectivity index (χ3v) is 6.55. The van der Waals surface area contributed by atoms with Crippen LogP contribution in [0.5, 0.6) is 5.75 Å². The van der Waals surface area contributed by atoms with Gasteiger partial charge in [0.1, 0.15) is 5.75 Å². The molecule has 3 N–H and O–H groups in total. The van der Waals surface area contributed by atoms with E-state index in [1.165, 1.54) is 5.69 Å². The van der Waals surface area contributed by atoms with Gasteiger partial charge in [-0.15, -0.1) is 0 Å². The zero-order chi connectivity index (χ0) is 27.2. The molecule has 0 radical (unpaired) electrons. The molecule has 4 rings (SSSR count). The first-order valence-electron chi connectivity index (χ1n) is 13.6. The fourth-order valence-corrected chi connectivity index (χ4v) is 4.41. The Morgan fingerprint density at radius 2 is 1.76 bits per heavy atom. The molecule has 38 heavy (non-hydrogen) atoms. The van der Waals surface area contributed by atoms with E-state index in [2.05, 4.69) is 50.5 Å². The number of anilines is 3. The Hall–Kier alpha value is -3.55. The molecule has 0 bridgehead atoms. The predicted octanol–water partition coefficient (Wildman–Crippen LogP) is 5.06. The van der Waals surface area contributed by atoms with E-state index in [4.69, 9.17) is 4.74 Å². The smallest absolute Gasteiger partial charge is 0.255 e. The fraction of sp³-hybridized carbons (Fsp3) is 0.387. The van der Waals surface area contributed by atoms with Gasteiger partial charge in [-0.2, -0.15) is 0 Å². The van der Waals surface area contributed by atoms with Gasteiger partial charge in [0.15, 0.2) is 0 Å². The maximum absolute atomic E-state index is 12.5. The lowest BCUT2D eigenvalue weighted by Crippen LogP contribution is -2.46. The first-order valence-corrected chi connectivity index (χ1v) is 13.6. The molecule has 2 aliphatic heterocycles. The number of piperazine rings is 1. The summed E-state index contributed by atoms with van der Waals surface area (Å²) in [4.78, 5) is 17.4. The van der Waals surface area contributed by atoms with Crippen molar-refractivity contribution in [3.63, 3.8) is 0 Å². The standard InChI is InChI=1S/C29H37N5O2.C2H6/c1-23-7-4-3-5-15-31-27-13-8-24(21-28(27)32-29(23)35)22-30-14-6-16-33-17-19-34(20-18-33)25-9-11-26(36-2)12-10-25;1-2/h3-5,7-13,21,30-31H,1,6,14-20,22H2,2H3,(H,32,35);1-2H3/b5-3-,7-4-;. The molecule has 1 fully saturated rings. The molecular formula is C31H43N5O2. The van der Waals surface area contributed by atoms with Gasteiger partial charge >= 0.3 is 0 Å². The molecule has 2 aromatic carbocycles. The van der Waals surface area contributed by atoms with Crippen molar-refractivity contribution >= 4 is 23.0 Å². The maximum atomic E-state index is 12.5. The van der Waals surface area contributed by atoms with Crippen LogP contribution in [0.3, 0.4) is 0 Å². The second-order valence-electron chi connectivity index (χ2n) is 9.08. The van der Waals surface area contributed by atoms with E-state index in [0.717, 1.165) is 74.9 Å². The Morgan fingerprint density at radius 1 is 1.00 bits per heavy atom. The van der Waals surface area contributed by atoms with Gasteiger partial charge in [-0.25, -0.2) is 0 Å². The highest BCUT2D eigenvalue weighted by atomic mass is 16.5. The predicted molar refractivity (Wildman–Crippen MR) is 160 cm³/mol. The van der Waals surface area contributed by atoms with Gasteiger partial charge in [-0.1, -0.05) is 50.8 Å². The third kappa shape index (κ3) is 8.78. The van der Waals surface area contributed by atoms with Crippen LogP contribution in [0.2, 0.25) is 0 Å². The van der Waals surface area contributed by atoms with Crippen LogP contribution >= 0.6 is 0 Å². The van der Waals surface area contributed by atoms with Crippen LogP contribution in [-0.2, 0) is 11.3 Å². The highest BCUT2D eigenvalue weighted by molar-refractivity contribution is 6.06. The average Bonchev–Trinajstić information content (AvgIpc) is 2.99. The van der Waals surface area contributed by atoms with E-state index in [0.29, 0.717) is 12.1 Å². The number of methoxy groups -OCH3 is 1. The van der Waals surface area contributed by atoms with Gasteiger partial charge in [-0.3, -0.25) is 9.69 Å². The Balaban J connectivity index is 0.00000195. The van der Waals surface area contributed by atoms with Crippen molar-refractivity contribution in [2.24, 2.45) is 0 Å². The summed E-state index contributed by atoms with van der Waals surface area (Å²) >= 11 is 0. The maximum Gasteiger partial charge on any atom is 0.255 e. The molecule has 0 unspecified atom stereocenters. The molecule has 0 atom stereocenters. The van der Waals surface area contributed by atoms with Crippen molar-refractivity contribution in [1.82, 2.24) is 10.2 Å². The quantitative estimate of drug-likeness (QED) is 0.336. The minimum Gasteiger partial charge on any atom is -0.497 e. The molecule has 0 spiro atoms. The summed E-state index contributed by atoms with van der Waals surface area (Å²) in [5, 5.41) is 9.90. The van der Waals surface area contributed by atoms with Gasteiger partial charge in [-0.05, 0) is 61.5 Å². The largest absolute Gasteiger partial charge is 0.497 e.